The van der Waals surface area contributed by atoms with Crippen LogP contribution in [0.5, 0.6) is 0 Å². The molecule has 0 amide bonds. The van der Waals surface area contributed by atoms with Gasteiger partial charge in [-0.1, -0.05) is 28.1 Å². The Morgan fingerprint density at radius 3 is 2.73 bits per heavy atom. The molecule has 0 aliphatic heterocycles. The van der Waals surface area contributed by atoms with Crippen molar-refractivity contribution >= 4 is 15.9 Å². The molecular weight excluding hydrogens is 254 g/mol. The molecule has 0 unspecified atom stereocenters. The zero-order valence-electron chi connectivity index (χ0n) is 8.23. The number of rotatable bonds is 3. The topological polar surface area (TPSA) is 25.2 Å². The Labute approximate surface area is 97.3 Å². The molecule has 2 aromatic rings. The molecule has 2 rings (SSSR count). The van der Waals surface area contributed by atoms with Gasteiger partial charge in [0.15, 0.2) is 0 Å². The molecule has 1 N–H and O–H groups in total. The van der Waals surface area contributed by atoms with Crippen molar-refractivity contribution in [2.45, 2.75) is 13.2 Å². The standard InChI is InChI=1S/C12H12BrNO/c13-12-3-1-2-10(6-12)7-14-5-4-11(8-14)9-15/h1-6,8,15H,7,9H2. The number of aromatic nitrogens is 1. The summed E-state index contributed by atoms with van der Waals surface area (Å²) in [6, 6.07) is 10.1. The third kappa shape index (κ3) is 2.70. The van der Waals surface area contributed by atoms with Crippen LogP contribution in [0.25, 0.3) is 0 Å². The maximum Gasteiger partial charge on any atom is 0.0696 e. The fraction of sp³-hybridized carbons (Fsp3) is 0.167. The second kappa shape index (κ2) is 4.64. The molecule has 0 aliphatic rings. The Kier molecular flexibility index (Phi) is 3.23. The van der Waals surface area contributed by atoms with Crippen molar-refractivity contribution in [3.8, 4) is 0 Å². The minimum Gasteiger partial charge on any atom is -0.392 e. The van der Waals surface area contributed by atoms with Gasteiger partial charge in [0.1, 0.15) is 0 Å². The van der Waals surface area contributed by atoms with E-state index in [1.807, 2.05) is 30.6 Å². The molecule has 0 saturated carbocycles. The van der Waals surface area contributed by atoms with Crippen LogP contribution in [0.3, 0.4) is 0 Å². The van der Waals surface area contributed by atoms with Gasteiger partial charge < -0.3 is 9.67 Å². The van der Waals surface area contributed by atoms with Crippen LogP contribution in [0.15, 0.2) is 47.2 Å². The average Bonchev–Trinajstić information content (AvgIpc) is 2.65. The number of halogens is 1. The summed E-state index contributed by atoms with van der Waals surface area (Å²) in [4.78, 5) is 0. The van der Waals surface area contributed by atoms with Crippen LogP contribution < -0.4 is 0 Å². The molecule has 3 heteroatoms. The van der Waals surface area contributed by atoms with E-state index >= 15 is 0 Å². The van der Waals surface area contributed by atoms with Gasteiger partial charge in [-0.25, -0.2) is 0 Å². The lowest BCUT2D eigenvalue weighted by Crippen LogP contribution is -1.95. The van der Waals surface area contributed by atoms with Gasteiger partial charge in [-0.15, -0.1) is 0 Å². The number of hydrogen-bond acceptors (Lipinski definition) is 1. The Hall–Kier alpha value is -1.06. The Bertz CT molecular complexity index is 450. The van der Waals surface area contributed by atoms with E-state index < -0.39 is 0 Å². The summed E-state index contributed by atoms with van der Waals surface area (Å²) in [5.41, 5.74) is 2.19. The van der Waals surface area contributed by atoms with Crippen molar-refractivity contribution < 1.29 is 5.11 Å². The molecule has 0 spiro atoms. The average molecular weight is 266 g/mol. The predicted octanol–water partition coefficient (Wildman–Crippen LogP) is 2.79. The van der Waals surface area contributed by atoms with Gasteiger partial charge in [0.05, 0.1) is 6.61 Å². The molecule has 0 fully saturated rings. The van der Waals surface area contributed by atoms with Gasteiger partial charge in [0.25, 0.3) is 0 Å². The molecule has 15 heavy (non-hydrogen) atoms. The van der Waals surface area contributed by atoms with Gasteiger partial charge in [-0.2, -0.15) is 0 Å². The second-order valence-electron chi connectivity index (χ2n) is 3.48. The number of hydrogen-bond donors (Lipinski definition) is 1. The lowest BCUT2D eigenvalue weighted by Gasteiger charge is -2.03. The maximum atomic E-state index is 8.94. The third-order valence-electron chi connectivity index (χ3n) is 2.25. The fourth-order valence-corrected chi connectivity index (χ4v) is 1.98. The van der Waals surface area contributed by atoms with Crippen LogP contribution in [-0.4, -0.2) is 9.67 Å². The zero-order chi connectivity index (χ0) is 10.7. The lowest BCUT2D eigenvalue weighted by molar-refractivity contribution is 0.282. The summed E-state index contributed by atoms with van der Waals surface area (Å²) in [5, 5.41) is 8.94. The molecule has 0 saturated heterocycles. The third-order valence-corrected chi connectivity index (χ3v) is 2.74. The van der Waals surface area contributed by atoms with E-state index in [2.05, 4.69) is 32.6 Å². The molecular formula is C12H12BrNO. The van der Waals surface area contributed by atoms with Crippen molar-refractivity contribution in [2.75, 3.05) is 0 Å². The monoisotopic (exact) mass is 265 g/mol. The van der Waals surface area contributed by atoms with Crippen molar-refractivity contribution in [2.24, 2.45) is 0 Å². The first-order chi connectivity index (χ1) is 7.28. The van der Waals surface area contributed by atoms with Crippen LogP contribution in [0.1, 0.15) is 11.1 Å². The first kappa shape index (κ1) is 10.5. The predicted molar refractivity (Wildman–Crippen MR) is 63.6 cm³/mol. The summed E-state index contributed by atoms with van der Waals surface area (Å²) in [5.74, 6) is 0. The molecule has 1 heterocycles. The molecule has 1 aromatic heterocycles. The second-order valence-corrected chi connectivity index (χ2v) is 4.40. The van der Waals surface area contributed by atoms with E-state index in [-0.39, 0.29) is 6.61 Å². The van der Waals surface area contributed by atoms with Gasteiger partial charge >= 0.3 is 0 Å². The van der Waals surface area contributed by atoms with Gasteiger partial charge in [0, 0.05) is 23.4 Å². The summed E-state index contributed by atoms with van der Waals surface area (Å²) in [6.45, 7) is 0.935. The largest absolute Gasteiger partial charge is 0.392 e. The van der Waals surface area contributed by atoms with Crippen molar-refractivity contribution in [3.05, 3.63) is 58.3 Å². The summed E-state index contributed by atoms with van der Waals surface area (Å²) in [7, 11) is 0. The van der Waals surface area contributed by atoms with Gasteiger partial charge in [-0.3, -0.25) is 0 Å². The number of aliphatic hydroxyl groups is 1. The summed E-state index contributed by atoms with van der Waals surface area (Å²) >= 11 is 3.45. The van der Waals surface area contributed by atoms with E-state index in [9.17, 15) is 0 Å². The smallest absolute Gasteiger partial charge is 0.0696 e. The van der Waals surface area contributed by atoms with Gasteiger partial charge in [-0.05, 0) is 29.3 Å². The van der Waals surface area contributed by atoms with Gasteiger partial charge in [0.2, 0.25) is 0 Å². The van der Waals surface area contributed by atoms with E-state index in [0.29, 0.717) is 0 Å². The minimum atomic E-state index is 0.103. The fourth-order valence-electron chi connectivity index (χ4n) is 1.53. The highest BCUT2D eigenvalue weighted by molar-refractivity contribution is 9.10. The highest BCUT2D eigenvalue weighted by atomic mass is 79.9. The summed E-state index contributed by atoms with van der Waals surface area (Å²) < 4.78 is 3.15. The molecule has 0 aliphatic carbocycles. The number of benzene rings is 1. The Balaban J connectivity index is 2.14. The normalized spacial score (nSPS) is 10.5. The van der Waals surface area contributed by atoms with Crippen LogP contribution in [0.2, 0.25) is 0 Å². The Morgan fingerprint density at radius 2 is 2.07 bits per heavy atom. The zero-order valence-corrected chi connectivity index (χ0v) is 9.81. The van der Waals surface area contributed by atoms with Crippen LogP contribution >= 0.6 is 15.9 Å². The highest BCUT2D eigenvalue weighted by Gasteiger charge is 1.97. The molecule has 2 nitrogen and oxygen atoms in total. The first-order valence-corrected chi connectivity index (χ1v) is 5.57. The Morgan fingerprint density at radius 1 is 1.20 bits per heavy atom. The highest BCUT2D eigenvalue weighted by Crippen LogP contribution is 2.13. The van der Waals surface area contributed by atoms with E-state index in [0.717, 1.165) is 16.6 Å². The molecule has 0 atom stereocenters. The SMILES string of the molecule is OCc1ccn(Cc2cccc(Br)c2)c1. The number of aliphatic hydroxyl groups excluding tert-OH is 1. The van der Waals surface area contributed by atoms with Crippen LogP contribution in [0.4, 0.5) is 0 Å². The van der Waals surface area contributed by atoms with E-state index in [1.165, 1.54) is 5.56 Å². The molecule has 1 aromatic carbocycles. The van der Waals surface area contributed by atoms with Crippen molar-refractivity contribution in [3.63, 3.8) is 0 Å². The first-order valence-electron chi connectivity index (χ1n) is 4.78. The number of nitrogens with zero attached hydrogens (tertiary/aromatic N) is 1. The van der Waals surface area contributed by atoms with Crippen molar-refractivity contribution in [1.82, 2.24) is 4.57 Å². The molecule has 78 valence electrons. The summed E-state index contributed by atoms with van der Waals surface area (Å²) in [6.07, 6.45) is 3.94. The van der Waals surface area contributed by atoms with Crippen molar-refractivity contribution in [1.29, 1.82) is 0 Å². The quantitative estimate of drug-likeness (QED) is 0.907. The minimum absolute atomic E-state index is 0.103. The van der Waals surface area contributed by atoms with Crippen LogP contribution in [-0.2, 0) is 13.2 Å². The van der Waals surface area contributed by atoms with Crippen LogP contribution in [0, 0.1) is 0 Å². The maximum absolute atomic E-state index is 8.94. The lowest BCUT2D eigenvalue weighted by atomic mass is 10.2. The molecule has 0 radical (unpaired) electrons. The van der Waals surface area contributed by atoms with E-state index in [1.54, 1.807) is 0 Å². The molecule has 0 bridgehead atoms. The van der Waals surface area contributed by atoms with E-state index in [4.69, 9.17) is 5.11 Å².